The summed E-state index contributed by atoms with van der Waals surface area (Å²) in [4.78, 5) is 15.3. The van der Waals surface area contributed by atoms with Crippen molar-refractivity contribution in [3.8, 4) is 12.3 Å². The summed E-state index contributed by atoms with van der Waals surface area (Å²) in [5.41, 5.74) is 1.22. The van der Waals surface area contributed by atoms with Crippen LogP contribution in [-0.4, -0.2) is 43.8 Å². The van der Waals surface area contributed by atoms with Crippen molar-refractivity contribution in [2.45, 2.75) is 24.9 Å². The number of anilines is 1. The maximum Gasteiger partial charge on any atom is 0.351 e. The van der Waals surface area contributed by atoms with Crippen LogP contribution in [0.4, 0.5) is 5.82 Å². The van der Waals surface area contributed by atoms with Crippen LogP contribution in [0.5, 0.6) is 0 Å². The third-order valence-electron chi connectivity index (χ3n) is 2.91. The van der Waals surface area contributed by atoms with Crippen molar-refractivity contribution < 1.29 is 20.2 Å². The highest BCUT2D eigenvalue weighted by Gasteiger charge is 2.35. The molecule has 2 rings (SSSR count). The molecule has 1 saturated heterocycles. The van der Waals surface area contributed by atoms with Crippen LogP contribution in [0.25, 0.3) is 0 Å². The molecule has 8 heteroatoms. The van der Waals surface area contributed by atoms with Crippen LogP contribution in [0.3, 0.4) is 0 Å². The Kier molecular flexibility index (Phi) is 3.82. The summed E-state index contributed by atoms with van der Waals surface area (Å²) < 4.78 is 6.45. The van der Waals surface area contributed by atoms with E-state index in [2.05, 4.69) is 10.9 Å². The molecule has 1 fully saturated rings. The van der Waals surface area contributed by atoms with Crippen molar-refractivity contribution in [1.29, 1.82) is 0 Å². The van der Waals surface area contributed by atoms with Gasteiger partial charge in [0.15, 0.2) is 5.82 Å². The van der Waals surface area contributed by atoms with E-state index < -0.39 is 24.1 Å². The van der Waals surface area contributed by atoms with Gasteiger partial charge in [-0.25, -0.2) is 4.79 Å². The number of aromatic nitrogens is 2. The molecule has 1 aromatic rings. The molecule has 0 aromatic carbocycles. The van der Waals surface area contributed by atoms with Gasteiger partial charge in [0, 0.05) is 12.6 Å². The second-order valence-electron chi connectivity index (χ2n) is 4.06. The van der Waals surface area contributed by atoms with E-state index in [1.54, 1.807) is 5.48 Å². The highest BCUT2D eigenvalue weighted by molar-refractivity contribution is 5.49. The molecule has 0 bridgehead atoms. The Bertz CT molecular complexity index is 564. The number of hydrogen-bond donors (Lipinski definition) is 4. The Balaban J connectivity index is 2.37. The quantitative estimate of drug-likeness (QED) is 0.396. The molecule has 0 saturated carbocycles. The third-order valence-corrected chi connectivity index (χ3v) is 2.91. The van der Waals surface area contributed by atoms with E-state index in [0.717, 1.165) is 4.57 Å². The monoisotopic (exact) mass is 267 g/mol. The molecule has 2 heterocycles. The van der Waals surface area contributed by atoms with Gasteiger partial charge in [-0.2, -0.15) is 4.98 Å². The average Bonchev–Trinajstić information content (AvgIpc) is 2.79. The highest BCUT2D eigenvalue weighted by Crippen LogP contribution is 2.27. The Hall–Kier alpha value is -1.92. The van der Waals surface area contributed by atoms with E-state index in [-0.39, 0.29) is 24.4 Å². The summed E-state index contributed by atoms with van der Waals surface area (Å²) in [7, 11) is 0. The number of nitrogens with zero attached hydrogens (tertiary/aromatic N) is 2. The molecule has 0 radical (unpaired) electrons. The number of terminal acetylenes is 1. The van der Waals surface area contributed by atoms with Gasteiger partial charge in [-0.15, -0.1) is 6.42 Å². The van der Waals surface area contributed by atoms with Crippen LogP contribution in [0.2, 0.25) is 0 Å². The maximum absolute atomic E-state index is 11.8. The van der Waals surface area contributed by atoms with Gasteiger partial charge in [-0.3, -0.25) is 15.3 Å². The third kappa shape index (κ3) is 2.45. The first-order chi connectivity index (χ1) is 9.10. The molecule has 19 heavy (non-hydrogen) atoms. The summed E-state index contributed by atoms with van der Waals surface area (Å²) in [5.74, 6) is 2.14. The topological polar surface area (TPSA) is 117 Å². The number of rotatable bonds is 3. The van der Waals surface area contributed by atoms with Crippen molar-refractivity contribution >= 4 is 5.82 Å². The van der Waals surface area contributed by atoms with Gasteiger partial charge in [0.25, 0.3) is 0 Å². The molecule has 1 aromatic heterocycles. The SMILES string of the molecule is C#Cc1cn([C@H]2C[C@H](O)[C@@H](CO)O2)c(=O)nc1NO. The van der Waals surface area contributed by atoms with Crippen LogP contribution >= 0.6 is 0 Å². The predicted octanol–water partition coefficient (Wildman–Crippen LogP) is -1.33. The zero-order valence-electron chi connectivity index (χ0n) is 9.85. The largest absolute Gasteiger partial charge is 0.394 e. The minimum absolute atomic E-state index is 0.124. The van der Waals surface area contributed by atoms with Gasteiger partial charge in [0.1, 0.15) is 12.3 Å². The second kappa shape index (κ2) is 5.38. The lowest BCUT2D eigenvalue weighted by Gasteiger charge is -2.15. The first-order valence-electron chi connectivity index (χ1n) is 5.55. The van der Waals surface area contributed by atoms with Gasteiger partial charge < -0.3 is 14.9 Å². The van der Waals surface area contributed by atoms with Crippen molar-refractivity contribution in [3.63, 3.8) is 0 Å². The first kappa shape index (κ1) is 13.5. The first-order valence-corrected chi connectivity index (χ1v) is 5.55. The number of hydrogen-bond acceptors (Lipinski definition) is 7. The lowest BCUT2D eigenvalue weighted by Crippen LogP contribution is -2.28. The molecule has 3 atom stereocenters. The van der Waals surface area contributed by atoms with Crippen LogP contribution < -0.4 is 11.2 Å². The fourth-order valence-electron chi connectivity index (χ4n) is 1.92. The molecule has 0 aliphatic carbocycles. The summed E-state index contributed by atoms with van der Waals surface area (Å²) in [6.45, 7) is -0.349. The number of nitrogens with one attached hydrogen (secondary N) is 1. The standard InChI is InChI=1S/C11H13N3O5/c1-2-6-4-14(11(17)12-10(6)13-18)9-3-7(16)8(5-15)19-9/h1,4,7-9,15-16,18H,3,5H2,(H,12,13,17)/t7-,8+,9+/m0/s1. The Morgan fingerprint density at radius 2 is 2.42 bits per heavy atom. The maximum atomic E-state index is 11.8. The van der Waals surface area contributed by atoms with Crippen LogP contribution in [0.1, 0.15) is 18.2 Å². The Morgan fingerprint density at radius 3 is 2.95 bits per heavy atom. The fraction of sp³-hybridized carbons (Fsp3) is 0.455. The average molecular weight is 267 g/mol. The zero-order chi connectivity index (χ0) is 14.0. The van der Waals surface area contributed by atoms with E-state index in [9.17, 15) is 9.90 Å². The molecule has 102 valence electrons. The van der Waals surface area contributed by atoms with Gasteiger partial charge in [0.05, 0.1) is 18.3 Å². The lowest BCUT2D eigenvalue weighted by atomic mass is 10.2. The zero-order valence-corrected chi connectivity index (χ0v) is 9.85. The minimum atomic E-state index is -0.869. The fourth-order valence-corrected chi connectivity index (χ4v) is 1.92. The van der Waals surface area contributed by atoms with Crippen molar-refractivity contribution in [2.75, 3.05) is 12.1 Å². The van der Waals surface area contributed by atoms with Gasteiger partial charge in [0.2, 0.25) is 0 Å². The van der Waals surface area contributed by atoms with Gasteiger partial charge in [-0.05, 0) is 0 Å². The number of aliphatic hydroxyl groups is 2. The summed E-state index contributed by atoms with van der Waals surface area (Å²) in [6, 6.07) is 0. The van der Waals surface area contributed by atoms with E-state index in [0.29, 0.717) is 0 Å². The molecule has 4 N–H and O–H groups in total. The molecule has 1 aliphatic heterocycles. The smallest absolute Gasteiger partial charge is 0.351 e. The minimum Gasteiger partial charge on any atom is -0.394 e. The van der Waals surface area contributed by atoms with E-state index in [1.165, 1.54) is 6.20 Å². The van der Waals surface area contributed by atoms with Gasteiger partial charge >= 0.3 is 5.69 Å². The molecule has 1 aliphatic rings. The molecular formula is C11H13N3O5. The number of aliphatic hydroxyl groups excluding tert-OH is 2. The highest BCUT2D eigenvalue weighted by atomic mass is 16.5. The Morgan fingerprint density at radius 1 is 1.68 bits per heavy atom. The van der Waals surface area contributed by atoms with E-state index in [1.807, 2.05) is 0 Å². The molecular weight excluding hydrogens is 254 g/mol. The molecule has 0 spiro atoms. The lowest BCUT2D eigenvalue weighted by molar-refractivity contribution is -0.0458. The van der Waals surface area contributed by atoms with Crippen molar-refractivity contribution in [3.05, 3.63) is 22.2 Å². The molecule has 0 unspecified atom stereocenters. The Labute approximate surface area is 108 Å². The summed E-state index contributed by atoms with van der Waals surface area (Å²) in [5, 5.41) is 27.4. The van der Waals surface area contributed by atoms with Crippen molar-refractivity contribution in [1.82, 2.24) is 9.55 Å². The molecule has 8 nitrogen and oxygen atoms in total. The molecule has 0 amide bonds. The predicted molar refractivity (Wildman–Crippen MR) is 63.5 cm³/mol. The van der Waals surface area contributed by atoms with Crippen LogP contribution in [-0.2, 0) is 4.74 Å². The summed E-state index contributed by atoms with van der Waals surface area (Å²) >= 11 is 0. The summed E-state index contributed by atoms with van der Waals surface area (Å²) in [6.07, 6.45) is 4.30. The van der Waals surface area contributed by atoms with E-state index >= 15 is 0 Å². The second-order valence-corrected chi connectivity index (χ2v) is 4.06. The normalized spacial score (nSPS) is 26.1. The van der Waals surface area contributed by atoms with Gasteiger partial charge in [-0.1, -0.05) is 5.92 Å². The van der Waals surface area contributed by atoms with Crippen LogP contribution in [0.15, 0.2) is 11.0 Å². The number of ether oxygens (including phenoxy) is 1. The van der Waals surface area contributed by atoms with E-state index in [4.69, 9.17) is 21.5 Å². The van der Waals surface area contributed by atoms with Crippen LogP contribution in [0, 0.1) is 12.3 Å². The van der Waals surface area contributed by atoms with Crippen molar-refractivity contribution in [2.24, 2.45) is 0 Å².